The van der Waals surface area contributed by atoms with E-state index in [2.05, 4.69) is 5.32 Å². The van der Waals surface area contributed by atoms with Crippen LogP contribution in [-0.2, 0) is 11.2 Å². The summed E-state index contributed by atoms with van der Waals surface area (Å²) in [5, 5.41) is 2.67. The first-order valence-corrected chi connectivity index (χ1v) is 6.95. The normalized spacial score (nSPS) is 11.6. The SMILES string of the molecule is CC.CC.COc1cc2c(cc1OC)CC(=O)NC=C2. The highest BCUT2D eigenvalue weighted by molar-refractivity contribution is 5.83. The summed E-state index contributed by atoms with van der Waals surface area (Å²) < 4.78 is 10.4. The van der Waals surface area contributed by atoms with Gasteiger partial charge in [0.25, 0.3) is 0 Å². The van der Waals surface area contributed by atoms with E-state index in [1.807, 2.05) is 45.9 Å². The van der Waals surface area contributed by atoms with Crippen LogP contribution in [0.15, 0.2) is 18.3 Å². The summed E-state index contributed by atoms with van der Waals surface area (Å²) in [6, 6.07) is 3.70. The van der Waals surface area contributed by atoms with Crippen molar-refractivity contribution in [3.63, 3.8) is 0 Å². The van der Waals surface area contributed by atoms with Crippen molar-refractivity contribution in [3.05, 3.63) is 29.5 Å². The minimum atomic E-state index is -0.0257. The molecule has 4 nitrogen and oxygen atoms in total. The van der Waals surface area contributed by atoms with Gasteiger partial charge in [0, 0.05) is 6.20 Å². The van der Waals surface area contributed by atoms with Crippen molar-refractivity contribution in [2.75, 3.05) is 14.2 Å². The van der Waals surface area contributed by atoms with Crippen molar-refractivity contribution in [3.8, 4) is 11.5 Å². The Bertz CT molecular complexity index is 453. The maximum atomic E-state index is 11.4. The fraction of sp³-hybridized carbons (Fsp3) is 0.438. The monoisotopic (exact) mass is 279 g/mol. The van der Waals surface area contributed by atoms with Gasteiger partial charge < -0.3 is 14.8 Å². The van der Waals surface area contributed by atoms with Crippen LogP contribution in [0.1, 0.15) is 38.8 Å². The summed E-state index contributed by atoms with van der Waals surface area (Å²) in [6.07, 6.45) is 3.84. The largest absolute Gasteiger partial charge is 0.493 e. The quantitative estimate of drug-likeness (QED) is 0.902. The Hall–Kier alpha value is -1.97. The molecule has 20 heavy (non-hydrogen) atoms. The van der Waals surface area contributed by atoms with E-state index in [4.69, 9.17) is 9.47 Å². The lowest BCUT2D eigenvalue weighted by Gasteiger charge is -2.11. The molecule has 0 saturated heterocycles. The summed E-state index contributed by atoms with van der Waals surface area (Å²) in [6.45, 7) is 8.00. The van der Waals surface area contributed by atoms with Crippen LogP contribution in [0.25, 0.3) is 6.08 Å². The van der Waals surface area contributed by atoms with Crippen LogP contribution in [0.2, 0.25) is 0 Å². The smallest absolute Gasteiger partial charge is 0.228 e. The van der Waals surface area contributed by atoms with E-state index >= 15 is 0 Å². The minimum absolute atomic E-state index is 0.0257. The summed E-state index contributed by atoms with van der Waals surface area (Å²) in [5.41, 5.74) is 1.90. The molecule has 0 aliphatic carbocycles. The van der Waals surface area contributed by atoms with Gasteiger partial charge in [-0.15, -0.1) is 0 Å². The maximum absolute atomic E-state index is 11.4. The topological polar surface area (TPSA) is 47.6 Å². The zero-order valence-electron chi connectivity index (χ0n) is 13.2. The average molecular weight is 279 g/mol. The fourth-order valence-corrected chi connectivity index (χ4v) is 1.69. The molecule has 1 amide bonds. The Morgan fingerprint density at radius 3 is 2.10 bits per heavy atom. The molecule has 0 radical (unpaired) electrons. The molecule has 112 valence electrons. The van der Waals surface area contributed by atoms with Gasteiger partial charge in [-0.3, -0.25) is 4.79 Å². The van der Waals surface area contributed by atoms with Crippen LogP contribution in [0, 0.1) is 0 Å². The first-order valence-electron chi connectivity index (χ1n) is 6.95. The lowest BCUT2D eigenvalue weighted by atomic mass is 10.0. The Morgan fingerprint density at radius 2 is 1.55 bits per heavy atom. The van der Waals surface area contributed by atoms with E-state index in [1.54, 1.807) is 20.4 Å². The predicted molar refractivity (Wildman–Crippen MR) is 83.1 cm³/mol. The maximum Gasteiger partial charge on any atom is 0.228 e. The molecule has 1 aromatic rings. The highest BCUT2D eigenvalue weighted by atomic mass is 16.5. The number of fused-ring (bicyclic) bond motifs is 1. The molecule has 0 aromatic heterocycles. The Labute approximate surface area is 121 Å². The number of carbonyl (C=O) groups is 1. The summed E-state index contributed by atoms with van der Waals surface area (Å²) in [4.78, 5) is 11.4. The highest BCUT2D eigenvalue weighted by Crippen LogP contribution is 2.31. The zero-order valence-corrected chi connectivity index (χ0v) is 13.2. The van der Waals surface area contributed by atoms with E-state index in [-0.39, 0.29) is 5.91 Å². The molecule has 0 unspecified atom stereocenters. The molecule has 2 rings (SSSR count). The zero-order chi connectivity index (χ0) is 15.5. The lowest BCUT2D eigenvalue weighted by Crippen LogP contribution is -2.17. The molecule has 0 bridgehead atoms. The molecule has 1 aliphatic heterocycles. The van der Waals surface area contributed by atoms with Gasteiger partial charge in [-0.25, -0.2) is 0 Å². The molecule has 1 heterocycles. The van der Waals surface area contributed by atoms with Crippen molar-refractivity contribution in [1.82, 2.24) is 5.32 Å². The Kier molecular flexibility index (Phi) is 8.92. The van der Waals surface area contributed by atoms with Crippen molar-refractivity contribution >= 4 is 12.0 Å². The standard InChI is InChI=1S/C12H13NO3.2C2H6/c1-15-10-5-8-3-4-13-12(14)7-9(8)6-11(10)16-2;2*1-2/h3-6H,7H2,1-2H3,(H,13,14);2*1-2H3. The number of hydrogen-bond donors (Lipinski definition) is 1. The van der Waals surface area contributed by atoms with Gasteiger partial charge in [0.15, 0.2) is 11.5 Å². The van der Waals surface area contributed by atoms with E-state index in [0.29, 0.717) is 17.9 Å². The van der Waals surface area contributed by atoms with Crippen LogP contribution >= 0.6 is 0 Å². The van der Waals surface area contributed by atoms with Gasteiger partial charge >= 0.3 is 0 Å². The molecule has 0 fully saturated rings. The highest BCUT2D eigenvalue weighted by Gasteiger charge is 2.14. The van der Waals surface area contributed by atoms with Gasteiger partial charge in [-0.05, 0) is 29.3 Å². The third-order valence-electron chi connectivity index (χ3n) is 2.50. The van der Waals surface area contributed by atoms with Gasteiger partial charge in [0.1, 0.15) is 0 Å². The van der Waals surface area contributed by atoms with Crippen LogP contribution < -0.4 is 14.8 Å². The average Bonchev–Trinajstić information content (AvgIpc) is 2.69. The third kappa shape index (κ3) is 4.61. The number of carbonyl (C=O) groups excluding carboxylic acids is 1. The van der Waals surface area contributed by atoms with E-state index in [1.165, 1.54) is 0 Å². The molecule has 0 spiro atoms. The van der Waals surface area contributed by atoms with E-state index in [0.717, 1.165) is 11.1 Å². The number of ether oxygens (including phenoxy) is 2. The van der Waals surface area contributed by atoms with Crippen LogP contribution in [0.5, 0.6) is 11.5 Å². The summed E-state index contributed by atoms with van der Waals surface area (Å²) in [5.74, 6) is 1.28. The molecule has 1 N–H and O–H groups in total. The third-order valence-corrected chi connectivity index (χ3v) is 2.50. The van der Waals surface area contributed by atoms with Crippen molar-refractivity contribution < 1.29 is 14.3 Å². The number of hydrogen-bond acceptors (Lipinski definition) is 3. The van der Waals surface area contributed by atoms with Crippen molar-refractivity contribution in [1.29, 1.82) is 0 Å². The van der Waals surface area contributed by atoms with Crippen LogP contribution in [0.4, 0.5) is 0 Å². The number of methoxy groups -OCH3 is 2. The lowest BCUT2D eigenvalue weighted by molar-refractivity contribution is -0.119. The van der Waals surface area contributed by atoms with E-state index < -0.39 is 0 Å². The second-order valence-corrected chi connectivity index (χ2v) is 3.48. The second kappa shape index (κ2) is 9.89. The molecular formula is C16H25NO3. The number of nitrogens with one attached hydrogen (secondary N) is 1. The number of rotatable bonds is 2. The molecule has 1 aliphatic rings. The number of benzene rings is 1. The molecule has 4 heteroatoms. The van der Waals surface area contributed by atoms with Crippen LogP contribution in [0.3, 0.4) is 0 Å². The summed E-state index contributed by atoms with van der Waals surface area (Å²) >= 11 is 0. The van der Waals surface area contributed by atoms with Gasteiger partial charge in [0.2, 0.25) is 5.91 Å². The Morgan fingerprint density at radius 1 is 1.00 bits per heavy atom. The molecule has 0 saturated carbocycles. The Balaban J connectivity index is 0.000000829. The van der Waals surface area contributed by atoms with Gasteiger partial charge in [-0.2, -0.15) is 0 Å². The number of amides is 1. The molecular weight excluding hydrogens is 254 g/mol. The predicted octanol–water partition coefficient (Wildman–Crippen LogP) is 3.40. The van der Waals surface area contributed by atoms with Crippen LogP contribution in [-0.4, -0.2) is 20.1 Å². The second-order valence-electron chi connectivity index (χ2n) is 3.48. The molecule has 0 atom stereocenters. The minimum Gasteiger partial charge on any atom is -0.493 e. The van der Waals surface area contributed by atoms with E-state index in [9.17, 15) is 4.79 Å². The first kappa shape index (κ1) is 18.0. The molecule has 1 aromatic carbocycles. The fourth-order valence-electron chi connectivity index (χ4n) is 1.69. The summed E-state index contributed by atoms with van der Waals surface area (Å²) in [7, 11) is 3.17. The first-order chi connectivity index (χ1) is 9.74. The van der Waals surface area contributed by atoms with Crippen molar-refractivity contribution in [2.45, 2.75) is 34.1 Å². The van der Waals surface area contributed by atoms with Gasteiger partial charge in [-0.1, -0.05) is 27.7 Å². The van der Waals surface area contributed by atoms with Gasteiger partial charge in [0.05, 0.1) is 20.6 Å². The van der Waals surface area contributed by atoms with Crippen molar-refractivity contribution in [2.24, 2.45) is 0 Å².